The van der Waals surface area contributed by atoms with E-state index in [9.17, 15) is 0 Å². The van der Waals surface area contributed by atoms with Crippen molar-refractivity contribution in [3.8, 4) is 0 Å². The SMILES string of the molecule is CN=C(NCCc1cn2cccc(C)c2n1)N1CCC(C)CC1.I. The highest BCUT2D eigenvalue weighted by Gasteiger charge is 2.18. The first-order chi connectivity index (χ1) is 11.2. The van der Waals surface area contributed by atoms with Crippen LogP contribution >= 0.6 is 24.0 Å². The molecule has 1 N–H and O–H groups in total. The average Bonchev–Trinajstić information content (AvgIpc) is 2.97. The highest BCUT2D eigenvalue weighted by molar-refractivity contribution is 14.0. The molecule has 3 heterocycles. The molecule has 0 saturated carbocycles. The standard InChI is InChI=1S/C18H27N5.HI/c1-14-7-11-22(12-8-14)18(19-3)20-9-6-16-13-23-10-4-5-15(2)17(23)21-16;/h4-5,10,13-14H,6-9,11-12H2,1-3H3,(H,19,20);1H. The van der Waals surface area contributed by atoms with Crippen molar-refractivity contribution in [1.82, 2.24) is 19.6 Å². The Hall–Kier alpha value is -1.31. The molecule has 1 aliphatic rings. The minimum absolute atomic E-state index is 0. The van der Waals surface area contributed by atoms with Gasteiger partial charge in [-0.1, -0.05) is 13.0 Å². The summed E-state index contributed by atoms with van der Waals surface area (Å²) in [5.74, 6) is 1.86. The van der Waals surface area contributed by atoms with Crippen molar-refractivity contribution in [2.24, 2.45) is 10.9 Å². The van der Waals surface area contributed by atoms with Crippen LogP contribution in [0.3, 0.4) is 0 Å². The lowest BCUT2D eigenvalue weighted by atomic mass is 10.00. The van der Waals surface area contributed by atoms with Gasteiger partial charge in [0, 0.05) is 45.5 Å². The molecule has 0 unspecified atom stereocenters. The number of piperidine rings is 1. The van der Waals surface area contributed by atoms with Gasteiger partial charge in [0.1, 0.15) is 5.65 Å². The van der Waals surface area contributed by atoms with Crippen LogP contribution in [0.15, 0.2) is 29.5 Å². The molecule has 0 bridgehead atoms. The van der Waals surface area contributed by atoms with Gasteiger partial charge in [0.15, 0.2) is 5.96 Å². The van der Waals surface area contributed by atoms with Crippen molar-refractivity contribution in [3.05, 3.63) is 35.8 Å². The van der Waals surface area contributed by atoms with Crippen molar-refractivity contribution in [1.29, 1.82) is 0 Å². The largest absolute Gasteiger partial charge is 0.356 e. The number of aromatic nitrogens is 2. The predicted octanol–water partition coefficient (Wildman–Crippen LogP) is 3.11. The molecule has 0 amide bonds. The lowest BCUT2D eigenvalue weighted by Crippen LogP contribution is -2.45. The summed E-state index contributed by atoms with van der Waals surface area (Å²) in [5.41, 5.74) is 3.39. The summed E-state index contributed by atoms with van der Waals surface area (Å²) in [6.45, 7) is 7.51. The van der Waals surface area contributed by atoms with Gasteiger partial charge in [-0.3, -0.25) is 4.99 Å². The van der Waals surface area contributed by atoms with Crippen molar-refractivity contribution < 1.29 is 0 Å². The lowest BCUT2D eigenvalue weighted by Gasteiger charge is -2.32. The Labute approximate surface area is 161 Å². The Morgan fingerprint density at radius 2 is 2.12 bits per heavy atom. The summed E-state index contributed by atoms with van der Waals surface area (Å²) in [5, 5.41) is 3.49. The molecule has 1 saturated heterocycles. The van der Waals surface area contributed by atoms with E-state index < -0.39 is 0 Å². The van der Waals surface area contributed by atoms with Gasteiger partial charge in [-0.15, -0.1) is 24.0 Å². The minimum Gasteiger partial charge on any atom is -0.356 e. The fourth-order valence-electron chi connectivity index (χ4n) is 3.18. The number of nitrogens with one attached hydrogen (secondary N) is 1. The molecule has 0 aromatic carbocycles. The zero-order chi connectivity index (χ0) is 16.2. The van der Waals surface area contributed by atoms with E-state index in [1.807, 2.05) is 7.05 Å². The Bertz CT molecular complexity index is 686. The van der Waals surface area contributed by atoms with E-state index in [1.54, 1.807) is 0 Å². The topological polar surface area (TPSA) is 44.9 Å². The number of imidazole rings is 1. The van der Waals surface area contributed by atoms with E-state index in [4.69, 9.17) is 4.98 Å². The van der Waals surface area contributed by atoms with E-state index in [-0.39, 0.29) is 24.0 Å². The van der Waals surface area contributed by atoms with Gasteiger partial charge in [0.25, 0.3) is 0 Å². The third-order valence-electron chi connectivity index (χ3n) is 4.69. The van der Waals surface area contributed by atoms with Gasteiger partial charge in [0.05, 0.1) is 5.69 Å². The Morgan fingerprint density at radius 3 is 2.79 bits per heavy atom. The molecule has 6 heteroatoms. The molecule has 1 aliphatic heterocycles. The summed E-state index contributed by atoms with van der Waals surface area (Å²) < 4.78 is 2.10. The maximum absolute atomic E-state index is 4.73. The van der Waals surface area contributed by atoms with Crippen molar-refractivity contribution in [2.45, 2.75) is 33.1 Å². The molecule has 0 radical (unpaired) electrons. The van der Waals surface area contributed by atoms with E-state index in [1.165, 1.54) is 18.4 Å². The summed E-state index contributed by atoms with van der Waals surface area (Å²) in [6, 6.07) is 4.16. The number of guanidine groups is 1. The van der Waals surface area contributed by atoms with Crippen LogP contribution in [0.2, 0.25) is 0 Å². The molecule has 0 atom stereocenters. The number of hydrogen-bond acceptors (Lipinski definition) is 2. The quantitative estimate of drug-likeness (QED) is 0.453. The monoisotopic (exact) mass is 441 g/mol. The molecule has 3 rings (SSSR count). The first-order valence-electron chi connectivity index (χ1n) is 8.56. The summed E-state index contributed by atoms with van der Waals surface area (Å²) in [6.07, 6.45) is 7.60. The number of halogens is 1. The van der Waals surface area contributed by atoms with Crippen LogP contribution in [0.25, 0.3) is 5.65 Å². The second-order valence-electron chi connectivity index (χ2n) is 6.55. The van der Waals surface area contributed by atoms with Gasteiger partial charge in [0.2, 0.25) is 0 Å². The first-order valence-corrected chi connectivity index (χ1v) is 8.56. The van der Waals surface area contributed by atoms with Gasteiger partial charge in [-0.25, -0.2) is 4.98 Å². The third kappa shape index (κ3) is 4.40. The van der Waals surface area contributed by atoms with Crippen LogP contribution in [0, 0.1) is 12.8 Å². The van der Waals surface area contributed by atoms with E-state index in [2.05, 4.69) is 58.0 Å². The molecule has 1 fully saturated rings. The minimum atomic E-state index is 0. The molecular formula is C18H28IN5. The van der Waals surface area contributed by atoms with Gasteiger partial charge >= 0.3 is 0 Å². The summed E-state index contributed by atoms with van der Waals surface area (Å²) >= 11 is 0. The molecule has 132 valence electrons. The van der Waals surface area contributed by atoms with Crippen molar-refractivity contribution >= 4 is 35.6 Å². The molecule has 2 aromatic rings. The number of likely N-dealkylation sites (tertiary alicyclic amines) is 1. The normalized spacial score (nSPS) is 16.3. The zero-order valence-electron chi connectivity index (χ0n) is 14.8. The summed E-state index contributed by atoms with van der Waals surface area (Å²) in [7, 11) is 1.87. The second-order valence-corrected chi connectivity index (χ2v) is 6.55. The Kier molecular flexibility index (Phi) is 6.89. The lowest BCUT2D eigenvalue weighted by molar-refractivity contribution is 0.273. The van der Waals surface area contributed by atoms with Crippen LogP contribution in [0.4, 0.5) is 0 Å². The van der Waals surface area contributed by atoms with Crippen LogP contribution < -0.4 is 5.32 Å². The molecule has 0 aliphatic carbocycles. The van der Waals surface area contributed by atoms with E-state index in [0.717, 1.165) is 49.3 Å². The Morgan fingerprint density at radius 1 is 1.38 bits per heavy atom. The van der Waals surface area contributed by atoms with Crippen molar-refractivity contribution in [3.63, 3.8) is 0 Å². The van der Waals surface area contributed by atoms with Gasteiger partial charge in [-0.05, 0) is 37.3 Å². The number of fused-ring (bicyclic) bond motifs is 1. The van der Waals surface area contributed by atoms with Crippen LogP contribution in [0.5, 0.6) is 0 Å². The highest BCUT2D eigenvalue weighted by atomic mass is 127. The number of aliphatic imine (C=N–C) groups is 1. The van der Waals surface area contributed by atoms with E-state index >= 15 is 0 Å². The number of rotatable bonds is 3. The Balaban J connectivity index is 0.00000208. The van der Waals surface area contributed by atoms with Crippen LogP contribution in [-0.4, -0.2) is 46.9 Å². The number of hydrogen-bond donors (Lipinski definition) is 1. The maximum Gasteiger partial charge on any atom is 0.193 e. The maximum atomic E-state index is 4.73. The molecule has 24 heavy (non-hydrogen) atoms. The second kappa shape index (κ2) is 8.69. The predicted molar refractivity (Wildman–Crippen MR) is 110 cm³/mol. The van der Waals surface area contributed by atoms with Crippen LogP contribution in [-0.2, 0) is 6.42 Å². The van der Waals surface area contributed by atoms with Gasteiger partial charge < -0.3 is 14.6 Å². The fourth-order valence-corrected chi connectivity index (χ4v) is 3.18. The molecular weight excluding hydrogens is 413 g/mol. The number of pyridine rings is 1. The molecule has 5 nitrogen and oxygen atoms in total. The zero-order valence-corrected chi connectivity index (χ0v) is 17.2. The number of nitrogens with zero attached hydrogens (tertiary/aromatic N) is 4. The molecule has 0 spiro atoms. The highest BCUT2D eigenvalue weighted by Crippen LogP contribution is 2.16. The number of aryl methyl sites for hydroxylation is 1. The van der Waals surface area contributed by atoms with E-state index in [0.29, 0.717) is 0 Å². The third-order valence-corrected chi connectivity index (χ3v) is 4.69. The average molecular weight is 441 g/mol. The van der Waals surface area contributed by atoms with Crippen LogP contribution in [0.1, 0.15) is 31.0 Å². The smallest absolute Gasteiger partial charge is 0.193 e. The molecule has 2 aromatic heterocycles. The first kappa shape index (κ1) is 19.0. The van der Waals surface area contributed by atoms with Gasteiger partial charge in [-0.2, -0.15) is 0 Å². The fraction of sp³-hybridized carbons (Fsp3) is 0.556. The summed E-state index contributed by atoms with van der Waals surface area (Å²) in [4.78, 5) is 11.5. The van der Waals surface area contributed by atoms with Crippen molar-refractivity contribution in [2.75, 3.05) is 26.7 Å².